The molecule has 0 radical (unpaired) electrons. The van der Waals surface area contributed by atoms with Crippen LogP contribution in [0.4, 0.5) is 5.95 Å². The average molecular weight is 276 g/mol. The van der Waals surface area contributed by atoms with Crippen molar-refractivity contribution < 1.29 is 0 Å². The monoisotopic (exact) mass is 276 g/mol. The Morgan fingerprint density at radius 3 is 3.11 bits per heavy atom. The van der Waals surface area contributed by atoms with E-state index >= 15 is 0 Å². The van der Waals surface area contributed by atoms with Crippen molar-refractivity contribution in [1.82, 2.24) is 9.97 Å². The number of thiophene rings is 1. The van der Waals surface area contributed by atoms with E-state index in [1.54, 1.807) is 11.3 Å². The maximum Gasteiger partial charge on any atom is 0.252 e. The van der Waals surface area contributed by atoms with Crippen LogP contribution in [-0.4, -0.2) is 15.7 Å². The van der Waals surface area contributed by atoms with Gasteiger partial charge in [0.2, 0.25) is 5.95 Å². The highest BCUT2D eigenvalue weighted by Crippen LogP contribution is 2.10. The van der Waals surface area contributed by atoms with Crippen LogP contribution in [0, 0.1) is 0 Å². The van der Waals surface area contributed by atoms with E-state index in [9.17, 15) is 4.79 Å². The zero-order valence-corrected chi connectivity index (χ0v) is 11.8. The number of hydrazone groups is 1. The van der Waals surface area contributed by atoms with Crippen LogP contribution in [-0.2, 0) is 6.42 Å². The Bertz CT molecular complexity index is 616. The van der Waals surface area contributed by atoms with Crippen molar-refractivity contribution >= 4 is 23.0 Å². The largest absolute Gasteiger partial charge is 0.291 e. The average Bonchev–Trinajstić information content (AvgIpc) is 2.89. The topological polar surface area (TPSA) is 70.1 Å². The Kier molecular flexibility index (Phi) is 4.46. The van der Waals surface area contributed by atoms with Gasteiger partial charge in [-0.05, 0) is 24.8 Å². The highest BCUT2D eigenvalue weighted by Gasteiger charge is 2.01. The molecule has 5 nitrogen and oxygen atoms in total. The van der Waals surface area contributed by atoms with E-state index in [1.165, 1.54) is 6.07 Å². The molecule has 0 saturated carbocycles. The fraction of sp³-hybridized carbons (Fsp3) is 0.308. The quantitative estimate of drug-likeness (QED) is 0.651. The van der Waals surface area contributed by atoms with E-state index < -0.39 is 0 Å². The van der Waals surface area contributed by atoms with E-state index in [-0.39, 0.29) is 5.56 Å². The van der Waals surface area contributed by atoms with Gasteiger partial charge in [-0.2, -0.15) is 5.10 Å². The van der Waals surface area contributed by atoms with Crippen molar-refractivity contribution in [3.05, 3.63) is 44.5 Å². The summed E-state index contributed by atoms with van der Waals surface area (Å²) >= 11 is 1.62. The third kappa shape index (κ3) is 3.75. The number of nitrogens with one attached hydrogen (secondary N) is 2. The second-order valence-corrected chi connectivity index (χ2v) is 5.07. The molecule has 0 saturated heterocycles. The van der Waals surface area contributed by atoms with Gasteiger partial charge in [0, 0.05) is 16.6 Å². The van der Waals surface area contributed by atoms with Crippen LogP contribution in [0.5, 0.6) is 0 Å². The molecule has 0 unspecified atom stereocenters. The third-order valence-electron chi connectivity index (χ3n) is 2.51. The summed E-state index contributed by atoms with van der Waals surface area (Å²) in [6.07, 6.45) is 1.74. The number of hydrogen-bond acceptors (Lipinski definition) is 5. The lowest BCUT2D eigenvalue weighted by molar-refractivity contribution is 0.867. The molecule has 0 spiro atoms. The first-order chi connectivity index (χ1) is 9.19. The van der Waals surface area contributed by atoms with Gasteiger partial charge in [0.15, 0.2) is 0 Å². The summed E-state index contributed by atoms with van der Waals surface area (Å²) in [6.45, 7) is 3.96. The lowest BCUT2D eigenvalue weighted by Gasteiger charge is -2.03. The number of aromatic nitrogens is 2. The zero-order valence-electron chi connectivity index (χ0n) is 10.9. The molecule has 6 heteroatoms. The first-order valence-corrected chi connectivity index (χ1v) is 7.01. The highest BCUT2D eigenvalue weighted by molar-refractivity contribution is 7.12. The van der Waals surface area contributed by atoms with Crippen LogP contribution in [0.25, 0.3) is 0 Å². The highest BCUT2D eigenvalue weighted by atomic mass is 32.1. The summed E-state index contributed by atoms with van der Waals surface area (Å²) in [5, 5.41) is 6.22. The van der Waals surface area contributed by atoms with E-state index in [2.05, 4.69) is 27.4 Å². The molecule has 0 aliphatic rings. The molecule has 0 bridgehead atoms. The molecule has 0 amide bonds. The van der Waals surface area contributed by atoms with Crippen LogP contribution in [0.2, 0.25) is 0 Å². The molecule has 19 heavy (non-hydrogen) atoms. The summed E-state index contributed by atoms with van der Waals surface area (Å²) in [7, 11) is 0. The SMILES string of the molecule is CCCc1cc(=O)[nH]c(N/N=C(\C)c2cccs2)n1. The van der Waals surface area contributed by atoms with Crippen molar-refractivity contribution in [1.29, 1.82) is 0 Å². The van der Waals surface area contributed by atoms with Crippen molar-refractivity contribution in [3.8, 4) is 0 Å². The van der Waals surface area contributed by atoms with Gasteiger partial charge in [-0.25, -0.2) is 10.4 Å². The Labute approximate surface area is 115 Å². The van der Waals surface area contributed by atoms with Crippen molar-refractivity contribution in [2.45, 2.75) is 26.7 Å². The minimum atomic E-state index is -0.162. The van der Waals surface area contributed by atoms with Crippen LogP contribution in [0.15, 0.2) is 33.5 Å². The van der Waals surface area contributed by atoms with E-state index in [1.807, 2.05) is 24.4 Å². The molecule has 0 fully saturated rings. The van der Waals surface area contributed by atoms with Crippen molar-refractivity contribution in [3.63, 3.8) is 0 Å². The fourth-order valence-electron chi connectivity index (χ4n) is 1.62. The first kappa shape index (κ1) is 13.5. The summed E-state index contributed by atoms with van der Waals surface area (Å²) in [4.78, 5) is 19.5. The number of aromatic amines is 1. The van der Waals surface area contributed by atoms with Gasteiger partial charge in [-0.3, -0.25) is 9.78 Å². The van der Waals surface area contributed by atoms with Gasteiger partial charge in [0.25, 0.3) is 5.56 Å². The van der Waals surface area contributed by atoms with Gasteiger partial charge in [-0.15, -0.1) is 11.3 Å². The minimum Gasteiger partial charge on any atom is -0.291 e. The van der Waals surface area contributed by atoms with E-state index in [0.29, 0.717) is 5.95 Å². The maximum absolute atomic E-state index is 11.5. The third-order valence-corrected chi connectivity index (χ3v) is 3.49. The molecular formula is C13H16N4OS. The van der Waals surface area contributed by atoms with Crippen LogP contribution >= 0.6 is 11.3 Å². The Hall–Kier alpha value is -1.95. The van der Waals surface area contributed by atoms with Gasteiger partial charge in [0.05, 0.1) is 5.71 Å². The number of hydrogen-bond donors (Lipinski definition) is 2. The second-order valence-electron chi connectivity index (χ2n) is 4.12. The first-order valence-electron chi connectivity index (χ1n) is 6.13. The fourth-order valence-corrected chi connectivity index (χ4v) is 2.30. The standard InChI is InChI=1S/C13H16N4OS/c1-3-5-10-8-12(18)15-13(14-10)17-16-9(2)11-6-4-7-19-11/h4,6-8H,3,5H2,1-2H3,(H2,14,15,17,18)/b16-9+. The summed E-state index contributed by atoms with van der Waals surface area (Å²) < 4.78 is 0. The zero-order chi connectivity index (χ0) is 13.7. The smallest absolute Gasteiger partial charge is 0.252 e. The van der Waals surface area contributed by atoms with Gasteiger partial charge in [-0.1, -0.05) is 19.4 Å². The minimum absolute atomic E-state index is 0.162. The number of anilines is 1. The predicted molar refractivity (Wildman–Crippen MR) is 79.0 cm³/mol. The molecule has 0 aromatic carbocycles. The van der Waals surface area contributed by atoms with Gasteiger partial charge in [0.1, 0.15) is 0 Å². The normalized spacial score (nSPS) is 11.6. The van der Waals surface area contributed by atoms with E-state index in [0.717, 1.165) is 29.1 Å². The van der Waals surface area contributed by atoms with Crippen LogP contribution in [0.1, 0.15) is 30.8 Å². The van der Waals surface area contributed by atoms with Crippen molar-refractivity contribution in [2.75, 3.05) is 5.43 Å². The molecular weight excluding hydrogens is 260 g/mol. The summed E-state index contributed by atoms with van der Waals surface area (Å²) in [6, 6.07) is 5.49. The molecule has 2 heterocycles. The van der Waals surface area contributed by atoms with Crippen molar-refractivity contribution in [2.24, 2.45) is 5.10 Å². The molecule has 2 N–H and O–H groups in total. The van der Waals surface area contributed by atoms with Gasteiger partial charge < -0.3 is 0 Å². The Morgan fingerprint density at radius 1 is 1.58 bits per heavy atom. The maximum atomic E-state index is 11.5. The van der Waals surface area contributed by atoms with Gasteiger partial charge >= 0.3 is 0 Å². The van der Waals surface area contributed by atoms with Crippen LogP contribution < -0.4 is 11.0 Å². The predicted octanol–water partition coefficient (Wildman–Crippen LogP) is 2.62. The summed E-state index contributed by atoms with van der Waals surface area (Å²) in [5.74, 6) is 0.381. The molecule has 2 aromatic rings. The molecule has 100 valence electrons. The number of H-pyrrole nitrogens is 1. The van der Waals surface area contributed by atoms with Crippen LogP contribution in [0.3, 0.4) is 0 Å². The second kappa shape index (κ2) is 6.29. The number of rotatable bonds is 5. The molecule has 0 aliphatic heterocycles. The Balaban J connectivity index is 2.15. The summed E-state index contributed by atoms with van der Waals surface area (Å²) in [5.41, 5.74) is 4.27. The van der Waals surface area contributed by atoms with E-state index in [4.69, 9.17) is 0 Å². The lowest BCUT2D eigenvalue weighted by Crippen LogP contribution is -2.12. The Morgan fingerprint density at radius 2 is 2.42 bits per heavy atom. The molecule has 2 rings (SSSR count). The molecule has 0 aliphatic carbocycles. The molecule has 0 atom stereocenters. The lowest BCUT2D eigenvalue weighted by atomic mass is 10.2. The number of aryl methyl sites for hydroxylation is 1. The number of nitrogens with zero attached hydrogens (tertiary/aromatic N) is 2. The molecule has 2 aromatic heterocycles.